The summed E-state index contributed by atoms with van der Waals surface area (Å²) in [5.41, 5.74) is 0. The molecule has 0 saturated heterocycles. The van der Waals surface area contributed by atoms with Crippen molar-refractivity contribution in [2.24, 2.45) is 0 Å². The van der Waals surface area contributed by atoms with E-state index < -0.39 is 7.60 Å². The van der Waals surface area contributed by atoms with Gasteiger partial charge in [-0.3, -0.25) is 4.57 Å². The molecule has 0 aliphatic rings. The maximum Gasteiger partial charge on any atom is 0.351 e. The Labute approximate surface area is 60.9 Å². The maximum atomic E-state index is 10.6. The molecule has 0 unspecified atom stereocenters. The van der Waals surface area contributed by atoms with Gasteiger partial charge in [-0.2, -0.15) is 0 Å². The quantitative estimate of drug-likeness (QED) is 0.626. The second-order valence-electron chi connectivity index (χ2n) is 2.00. The summed E-state index contributed by atoms with van der Waals surface area (Å²) in [6.07, 6.45) is 2.69. The molecule has 0 bridgehead atoms. The summed E-state index contributed by atoms with van der Waals surface area (Å²) in [4.78, 5) is 17.3. The van der Waals surface area contributed by atoms with E-state index in [-0.39, 0.29) is 5.31 Å². The van der Waals surface area contributed by atoms with E-state index in [2.05, 4.69) is 0 Å². The first-order chi connectivity index (χ1) is 4.52. The molecule has 0 aromatic heterocycles. The molecule has 60 valence electrons. The first-order valence-electron chi connectivity index (χ1n) is 3.27. The van der Waals surface area contributed by atoms with Crippen LogP contribution in [0.4, 0.5) is 0 Å². The molecule has 3 nitrogen and oxygen atoms in total. The first-order valence-corrected chi connectivity index (χ1v) is 4.88. The van der Waals surface area contributed by atoms with E-state index in [0.29, 0.717) is 12.8 Å². The van der Waals surface area contributed by atoms with Crippen LogP contribution in [-0.4, -0.2) is 9.79 Å². The minimum atomic E-state index is -3.93. The lowest BCUT2D eigenvalue weighted by Gasteiger charge is -2.04. The summed E-state index contributed by atoms with van der Waals surface area (Å²) in [5, 5.41) is 0.245. The van der Waals surface area contributed by atoms with E-state index in [0.717, 1.165) is 0 Å². The van der Waals surface area contributed by atoms with Crippen molar-refractivity contribution in [3.8, 4) is 0 Å². The molecule has 0 fully saturated rings. The fourth-order valence-corrected chi connectivity index (χ4v) is 1.54. The van der Waals surface area contributed by atoms with Crippen molar-refractivity contribution in [1.29, 1.82) is 0 Å². The van der Waals surface area contributed by atoms with Crippen molar-refractivity contribution in [3.63, 3.8) is 0 Å². The summed E-state index contributed by atoms with van der Waals surface area (Å²) in [6.45, 7) is 3.59. The number of rotatable bonds is 3. The van der Waals surface area contributed by atoms with Gasteiger partial charge in [0.1, 0.15) is 0 Å². The Balaban J connectivity index is 4.37. The molecule has 0 aliphatic heterocycles. The molecule has 0 radical (unpaired) electrons. The molecule has 0 atom stereocenters. The third kappa shape index (κ3) is 3.16. The molecule has 0 saturated carbocycles. The van der Waals surface area contributed by atoms with Gasteiger partial charge in [0, 0.05) is 5.31 Å². The summed E-state index contributed by atoms with van der Waals surface area (Å²) in [7, 11) is -3.93. The molecule has 0 rings (SSSR count). The van der Waals surface area contributed by atoms with E-state index >= 15 is 0 Å². The van der Waals surface area contributed by atoms with E-state index in [1.165, 1.54) is 0 Å². The maximum absolute atomic E-state index is 10.6. The van der Waals surface area contributed by atoms with Crippen molar-refractivity contribution < 1.29 is 14.4 Å². The second kappa shape index (κ2) is 3.91. The van der Waals surface area contributed by atoms with Crippen LogP contribution in [0.5, 0.6) is 0 Å². The minimum absolute atomic E-state index is 0.245. The number of hydrogen-bond donors (Lipinski definition) is 2. The molecule has 10 heavy (non-hydrogen) atoms. The largest absolute Gasteiger partial charge is 0.351 e. The Morgan fingerprint density at radius 3 is 2.10 bits per heavy atom. The Morgan fingerprint density at radius 2 is 2.00 bits per heavy atom. The van der Waals surface area contributed by atoms with Gasteiger partial charge in [0.25, 0.3) is 0 Å². The predicted molar refractivity (Wildman–Crippen MR) is 40.7 cm³/mol. The smallest absolute Gasteiger partial charge is 0.321 e. The standard InChI is InChI=1S/C6H13O3P/c1-3-5-6(4-2)10(7,8)9/h5H,3-4H2,1-2H3,(H2,7,8,9). The monoisotopic (exact) mass is 164 g/mol. The highest BCUT2D eigenvalue weighted by atomic mass is 31.2. The van der Waals surface area contributed by atoms with Crippen molar-refractivity contribution in [3.05, 3.63) is 11.4 Å². The topological polar surface area (TPSA) is 57.5 Å². The summed E-state index contributed by atoms with van der Waals surface area (Å²) in [6, 6.07) is 0. The Bertz CT molecular complexity index is 168. The zero-order valence-electron chi connectivity index (χ0n) is 6.24. The van der Waals surface area contributed by atoms with Crippen LogP contribution in [-0.2, 0) is 4.57 Å². The van der Waals surface area contributed by atoms with Crippen LogP contribution in [0.1, 0.15) is 26.7 Å². The normalized spacial score (nSPS) is 13.8. The van der Waals surface area contributed by atoms with E-state index in [9.17, 15) is 4.57 Å². The summed E-state index contributed by atoms with van der Waals surface area (Å²) >= 11 is 0. The van der Waals surface area contributed by atoms with Crippen LogP contribution in [0, 0.1) is 0 Å². The molecule has 0 aromatic rings. The third-order valence-corrected chi connectivity index (χ3v) is 2.42. The van der Waals surface area contributed by atoms with Crippen LogP contribution in [0.25, 0.3) is 0 Å². The Kier molecular flexibility index (Phi) is 3.87. The summed E-state index contributed by atoms with van der Waals surface area (Å²) < 4.78 is 10.6. The molecule has 2 N–H and O–H groups in total. The molecular weight excluding hydrogens is 151 g/mol. The van der Waals surface area contributed by atoms with Gasteiger partial charge in [0.15, 0.2) is 0 Å². The number of allylic oxidation sites excluding steroid dienone is 2. The lowest BCUT2D eigenvalue weighted by molar-refractivity contribution is 0.380. The van der Waals surface area contributed by atoms with Crippen molar-refractivity contribution >= 4 is 7.60 Å². The highest BCUT2D eigenvalue weighted by molar-refractivity contribution is 7.56. The number of hydrogen-bond acceptors (Lipinski definition) is 1. The van der Waals surface area contributed by atoms with E-state index in [4.69, 9.17) is 9.79 Å². The molecule has 0 amide bonds. The van der Waals surface area contributed by atoms with Gasteiger partial charge in [-0.25, -0.2) is 0 Å². The van der Waals surface area contributed by atoms with Gasteiger partial charge in [0.2, 0.25) is 0 Å². The van der Waals surface area contributed by atoms with Gasteiger partial charge in [-0.05, 0) is 12.8 Å². The average molecular weight is 164 g/mol. The van der Waals surface area contributed by atoms with E-state index in [1.54, 1.807) is 13.0 Å². The van der Waals surface area contributed by atoms with Crippen molar-refractivity contribution in [2.75, 3.05) is 0 Å². The van der Waals surface area contributed by atoms with Gasteiger partial charge < -0.3 is 9.79 Å². The zero-order chi connectivity index (χ0) is 8.20. The lowest BCUT2D eigenvalue weighted by atomic mass is 10.3. The minimum Gasteiger partial charge on any atom is -0.321 e. The van der Waals surface area contributed by atoms with Crippen molar-refractivity contribution in [2.45, 2.75) is 26.7 Å². The van der Waals surface area contributed by atoms with E-state index in [1.807, 2.05) is 6.92 Å². The molecular formula is C6H13O3P. The predicted octanol–water partition coefficient (Wildman–Crippen LogP) is 1.87. The Morgan fingerprint density at radius 1 is 1.50 bits per heavy atom. The molecule has 0 heterocycles. The SMILES string of the molecule is CCC=C(CC)P(=O)(O)O. The molecule has 0 spiro atoms. The van der Waals surface area contributed by atoms with Gasteiger partial charge in [-0.1, -0.05) is 19.9 Å². The highest BCUT2D eigenvalue weighted by Gasteiger charge is 2.17. The molecule has 4 heteroatoms. The highest BCUT2D eigenvalue weighted by Crippen LogP contribution is 2.46. The van der Waals surface area contributed by atoms with Crippen LogP contribution >= 0.6 is 7.60 Å². The van der Waals surface area contributed by atoms with Gasteiger partial charge >= 0.3 is 7.60 Å². The zero-order valence-corrected chi connectivity index (χ0v) is 7.14. The average Bonchev–Trinajstić information content (AvgIpc) is 1.80. The fourth-order valence-electron chi connectivity index (χ4n) is 0.705. The first kappa shape index (κ1) is 9.89. The fraction of sp³-hybridized carbons (Fsp3) is 0.667. The van der Waals surface area contributed by atoms with Crippen LogP contribution in [0.15, 0.2) is 11.4 Å². The van der Waals surface area contributed by atoms with Crippen LogP contribution < -0.4 is 0 Å². The van der Waals surface area contributed by atoms with Crippen LogP contribution in [0.3, 0.4) is 0 Å². The second-order valence-corrected chi connectivity index (χ2v) is 3.66. The third-order valence-electron chi connectivity index (χ3n) is 1.18. The molecule has 0 aromatic carbocycles. The summed E-state index contributed by atoms with van der Waals surface area (Å²) in [5.74, 6) is 0. The van der Waals surface area contributed by atoms with Crippen molar-refractivity contribution in [1.82, 2.24) is 0 Å². The van der Waals surface area contributed by atoms with Crippen LogP contribution in [0.2, 0.25) is 0 Å². The lowest BCUT2D eigenvalue weighted by Crippen LogP contribution is -1.83. The Hall–Kier alpha value is -0.110. The van der Waals surface area contributed by atoms with Gasteiger partial charge in [0.05, 0.1) is 0 Å². The van der Waals surface area contributed by atoms with Gasteiger partial charge in [-0.15, -0.1) is 0 Å². The molecule has 0 aliphatic carbocycles.